The number of benzene rings is 4. The highest BCUT2D eigenvalue weighted by molar-refractivity contribution is 7.97. The Labute approximate surface area is 242 Å². The molecule has 0 aliphatic rings. The molecule has 4 aromatic carbocycles. The van der Waals surface area contributed by atoms with Gasteiger partial charge in [-0.1, -0.05) is 35.9 Å². The van der Waals surface area contributed by atoms with Crippen LogP contribution in [-0.4, -0.2) is 24.2 Å². The van der Waals surface area contributed by atoms with Crippen LogP contribution in [0.3, 0.4) is 0 Å². The second kappa shape index (κ2) is 12.9. The Kier molecular flexibility index (Phi) is 10.1. The summed E-state index contributed by atoms with van der Waals surface area (Å²) >= 11 is 0. The summed E-state index contributed by atoms with van der Waals surface area (Å²) in [6.45, 7) is 14.2. The molecule has 0 amide bonds. The molecule has 0 saturated carbocycles. The first-order chi connectivity index (χ1) is 18.6. The highest BCUT2D eigenvalue weighted by atomic mass is 32.2. The van der Waals surface area contributed by atoms with Gasteiger partial charge in [0.2, 0.25) is 0 Å². The zero-order chi connectivity index (χ0) is 29.6. The van der Waals surface area contributed by atoms with Crippen molar-refractivity contribution >= 4 is 21.0 Å². The maximum atomic E-state index is 10.5. The van der Waals surface area contributed by atoms with Crippen LogP contribution in [0, 0.1) is 6.92 Å². The maximum Gasteiger partial charge on any atom is 0.294 e. The SMILES string of the molecule is CC(C)(C)Oc1ccc([S+](c2ccccc2)c2ccc(OC(C)(C)C)cc2)cc1.Cc1ccc(S(=O)(=O)O)cc1. The molecule has 0 fully saturated rings. The van der Waals surface area contributed by atoms with E-state index in [1.54, 1.807) is 12.1 Å². The molecule has 0 spiro atoms. The summed E-state index contributed by atoms with van der Waals surface area (Å²) in [5.41, 5.74) is 0.550. The van der Waals surface area contributed by atoms with Crippen molar-refractivity contribution in [3.8, 4) is 11.5 Å². The Hall–Kier alpha value is -3.26. The van der Waals surface area contributed by atoms with E-state index in [0.717, 1.165) is 17.1 Å². The molecular formula is C33H39O5S2+. The van der Waals surface area contributed by atoms with Gasteiger partial charge >= 0.3 is 0 Å². The van der Waals surface area contributed by atoms with Crippen molar-refractivity contribution in [1.82, 2.24) is 0 Å². The molecule has 0 atom stereocenters. The molecule has 0 bridgehead atoms. The Morgan fingerprint density at radius 2 is 0.950 bits per heavy atom. The van der Waals surface area contributed by atoms with Crippen molar-refractivity contribution in [2.24, 2.45) is 0 Å². The van der Waals surface area contributed by atoms with E-state index >= 15 is 0 Å². The Morgan fingerprint density at radius 3 is 1.30 bits per heavy atom. The van der Waals surface area contributed by atoms with Crippen LogP contribution in [0.15, 0.2) is 123 Å². The van der Waals surface area contributed by atoms with Crippen LogP contribution in [0.4, 0.5) is 0 Å². The van der Waals surface area contributed by atoms with E-state index in [-0.39, 0.29) is 27.0 Å². The quantitative estimate of drug-likeness (QED) is 0.183. The van der Waals surface area contributed by atoms with Gasteiger partial charge < -0.3 is 9.47 Å². The van der Waals surface area contributed by atoms with Crippen molar-refractivity contribution in [3.63, 3.8) is 0 Å². The molecule has 0 heterocycles. The lowest BCUT2D eigenvalue weighted by Crippen LogP contribution is -2.23. The molecule has 0 unspecified atom stereocenters. The normalized spacial score (nSPS) is 11.9. The number of hydrogen-bond donors (Lipinski definition) is 1. The third kappa shape index (κ3) is 10.0. The van der Waals surface area contributed by atoms with E-state index in [4.69, 9.17) is 14.0 Å². The van der Waals surface area contributed by atoms with Gasteiger partial charge in [-0.2, -0.15) is 8.42 Å². The lowest BCUT2D eigenvalue weighted by atomic mass is 10.2. The van der Waals surface area contributed by atoms with Gasteiger partial charge in [0.25, 0.3) is 10.1 Å². The van der Waals surface area contributed by atoms with Crippen LogP contribution >= 0.6 is 0 Å². The average molecular weight is 580 g/mol. The van der Waals surface area contributed by atoms with Gasteiger partial charge in [0.1, 0.15) is 22.7 Å². The first-order valence-electron chi connectivity index (χ1n) is 13.0. The fourth-order valence-electron chi connectivity index (χ4n) is 3.67. The zero-order valence-corrected chi connectivity index (χ0v) is 25.8. The Morgan fingerprint density at radius 1 is 0.575 bits per heavy atom. The summed E-state index contributed by atoms with van der Waals surface area (Å²) in [4.78, 5) is 3.76. The van der Waals surface area contributed by atoms with Crippen molar-refractivity contribution < 1.29 is 22.4 Å². The number of rotatable bonds is 6. The third-order valence-corrected chi connectivity index (χ3v) is 8.36. The highest BCUT2D eigenvalue weighted by Gasteiger charge is 2.29. The first-order valence-corrected chi connectivity index (χ1v) is 15.7. The molecule has 1 N–H and O–H groups in total. The van der Waals surface area contributed by atoms with E-state index in [0.29, 0.717) is 0 Å². The minimum Gasteiger partial charge on any atom is -0.488 e. The minimum absolute atomic E-state index is 0.0666. The lowest BCUT2D eigenvalue weighted by Gasteiger charge is -2.21. The average Bonchev–Trinajstić information content (AvgIpc) is 2.85. The van der Waals surface area contributed by atoms with Crippen molar-refractivity contribution in [3.05, 3.63) is 109 Å². The van der Waals surface area contributed by atoms with E-state index in [1.165, 1.54) is 26.8 Å². The largest absolute Gasteiger partial charge is 0.488 e. The molecule has 5 nitrogen and oxygen atoms in total. The van der Waals surface area contributed by atoms with E-state index in [9.17, 15) is 8.42 Å². The van der Waals surface area contributed by atoms with Crippen LogP contribution in [0.2, 0.25) is 0 Å². The molecule has 0 aliphatic heterocycles. The van der Waals surface area contributed by atoms with Gasteiger partial charge in [0.15, 0.2) is 14.7 Å². The second-order valence-corrected chi connectivity index (χ2v) is 14.7. The Balaban J connectivity index is 0.000000336. The van der Waals surface area contributed by atoms with E-state index in [1.807, 2.05) is 6.92 Å². The van der Waals surface area contributed by atoms with Crippen LogP contribution in [0.1, 0.15) is 47.1 Å². The lowest BCUT2D eigenvalue weighted by molar-refractivity contribution is 0.130. The summed E-state index contributed by atoms with van der Waals surface area (Å²) in [7, 11) is -4.21. The fraction of sp³-hybridized carbons (Fsp3) is 0.273. The predicted molar refractivity (Wildman–Crippen MR) is 163 cm³/mol. The molecule has 4 rings (SSSR count). The Bertz CT molecular complexity index is 1390. The van der Waals surface area contributed by atoms with Crippen LogP contribution in [0.25, 0.3) is 0 Å². The monoisotopic (exact) mass is 579 g/mol. The number of aryl methyl sites for hydroxylation is 1. The molecule has 4 aromatic rings. The molecule has 0 aliphatic carbocycles. The van der Waals surface area contributed by atoms with Gasteiger partial charge in [0, 0.05) is 0 Å². The minimum atomic E-state index is -4.02. The van der Waals surface area contributed by atoms with Crippen molar-refractivity contribution in [1.29, 1.82) is 0 Å². The van der Waals surface area contributed by atoms with E-state index < -0.39 is 10.1 Å². The molecule has 0 radical (unpaired) electrons. The summed E-state index contributed by atoms with van der Waals surface area (Å²) in [6.07, 6.45) is 0. The molecular weight excluding hydrogens is 540 g/mol. The second-order valence-electron chi connectivity index (χ2n) is 11.3. The van der Waals surface area contributed by atoms with Gasteiger partial charge in [-0.15, -0.1) is 0 Å². The summed E-state index contributed by atoms with van der Waals surface area (Å²) in [5, 5.41) is 0. The number of hydrogen-bond acceptors (Lipinski definition) is 4. The highest BCUT2D eigenvalue weighted by Crippen LogP contribution is 2.33. The molecule has 212 valence electrons. The first kappa shape index (κ1) is 31.3. The summed E-state index contributed by atoms with van der Waals surface area (Å²) < 4.78 is 41.5. The molecule has 40 heavy (non-hydrogen) atoms. The van der Waals surface area contributed by atoms with Crippen LogP contribution < -0.4 is 9.47 Å². The predicted octanol–water partition coefficient (Wildman–Crippen LogP) is 8.38. The number of ether oxygens (including phenoxy) is 2. The zero-order valence-electron chi connectivity index (χ0n) is 24.2. The fourth-order valence-corrected chi connectivity index (χ4v) is 6.21. The summed E-state index contributed by atoms with van der Waals surface area (Å²) in [6, 6.07) is 33.6. The van der Waals surface area contributed by atoms with Gasteiger partial charge in [-0.3, -0.25) is 4.55 Å². The third-order valence-electron chi connectivity index (χ3n) is 5.26. The maximum absolute atomic E-state index is 10.5. The molecule has 7 heteroatoms. The molecule has 0 saturated heterocycles. The van der Waals surface area contributed by atoms with Gasteiger partial charge in [-0.25, -0.2) is 0 Å². The standard InChI is InChI=1S/C26H31O2S.C7H8O3S/c1-25(2,3)27-20-12-16-23(17-13-20)29(22-10-8-7-9-11-22)24-18-14-21(15-19-24)28-26(4,5)6;1-6-2-4-7(5-3-6)11(8,9)10/h7-19H,1-6H3;2-5H,1H3,(H,8,9,10)/q+1;. The van der Waals surface area contributed by atoms with Gasteiger partial charge in [0.05, 0.1) is 15.8 Å². The smallest absolute Gasteiger partial charge is 0.294 e. The van der Waals surface area contributed by atoms with E-state index in [2.05, 4.69) is 120 Å². The van der Waals surface area contributed by atoms with Gasteiger partial charge in [-0.05, 0) is 121 Å². The van der Waals surface area contributed by atoms with Crippen molar-refractivity contribution in [2.45, 2.75) is 79.3 Å². The molecule has 0 aromatic heterocycles. The van der Waals surface area contributed by atoms with Crippen molar-refractivity contribution in [2.75, 3.05) is 0 Å². The summed E-state index contributed by atoms with van der Waals surface area (Å²) in [5.74, 6) is 1.79. The van der Waals surface area contributed by atoms with Crippen LogP contribution in [0.5, 0.6) is 11.5 Å². The van der Waals surface area contributed by atoms with Crippen LogP contribution in [-0.2, 0) is 21.0 Å². The topological polar surface area (TPSA) is 72.8 Å².